The van der Waals surface area contributed by atoms with Gasteiger partial charge in [-0.15, -0.1) is 5.10 Å². The molecule has 24 heavy (non-hydrogen) atoms. The molecule has 0 spiro atoms. The van der Waals surface area contributed by atoms with Gasteiger partial charge in [-0.05, 0) is 42.0 Å². The van der Waals surface area contributed by atoms with Gasteiger partial charge in [0.15, 0.2) is 0 Å². The molecule has 1 aromatic heterocycles. The number of aryl methyl sites for hydroxylation is 1. The maximum atomic E-state index is 5.85. The SMILES string of the molecule is Cc1ccc(-n2cc(COc3ccc4ccccc4c3)nn2)cc1. The minimum atomic E-state index is 0.393. The third kappa shape index (κ3) is 2.99. The van der Waals surface area contributed by atoms with Crippen LogP contribution in [0.15, 0.2) is 72.9 Å². The van der Waals surface area contributed by atoms with E-state index < -0.39 is 0 Å². The van der Waals surface area contributed by atoms with Crippen LogP contribution in [0.3, 0.4) is 0 Å². The lowest BCUT2D eigenvalue weighted by Crippen LogP contribution is -1.96. The number of hydrogen-bond donors (Lipinski definition) is 0. The van der Waals surface area contributed by atoms with Crippen LogP contribution >= 0.6 is 0 Å². The molecule has 4 nitrogen and oxygen atoms in total. The smallest absolute Gasteiger partial charge is 0.134 e. The highest BCUT2D eigenvalue weighted by Gasteiger charge is 2.04. The summed E-state index contributed by atoms with van der Waals surface area (Å²) < 4.78 is 7.62. The van der Waals surface area contributed by atoms with Crippen LogP contribution in [0.2, 0.25) is 0 Å². The molecule has 0 aliphatic rings. The highest BCUT2D eigenvalue weighted by atomic mass is 16.5. The summed E-state index contributed by atoms with van der Waals surface area (Å²) in [5.74, 6) is 0.832. The Labute approximate surface area is 140 Å². The Morgan fingerprint density at radius 2 is 1.71 bits per heavy atom. The van der Waals surface area contributed by atoms with Gasteiger partial charge in [-0.25, -0.2) is 4.68 Å². The fourth-order valence-electron chi connectivity index (χ4n) is 2.60. The quantitative estimate of drug-likeness (QED) is 0.563. The van der Waals surface area contributed by atoms with E-state index in [4.69, 9.17) is 4.74 Å². The Kier molecular flexibility index (Phi) is 3.71. The van der Waals surface area contributed by atoms with Gasteiger partial charge in [-0.2, -0.15) is 0 Å². The Morgan fingerprint density at radius 3 is 2.54 bits per heavy atom. The van der Waals surface area contributed by atoms with Crippen molar-refractivity contribution in [2.45, 2.75) is 13.5 Å². The summed E-state index contributed by atoms with van der Waals surface area (Å²) >= 11 is 0. The average molecular weight is 315 g/mol. The number of rotatable bonds is 4. The third-order valence-electron chi connectivity index (χ3n) is 3.95. The van der Waals surface area contributed by atoms with E-state index in [1.54, 1.807) is 4.68 Å². The zero-order chi connectivity index (χ0) is 16.4. The molecule has 0 aliphatic carbocycles. The number of ether oxygens (including phenoxy) is 1. The predicted octanol–water partition coefficient (Wildman–Crippen LogP) is 4.31. The van der Waals surface area contributed by atoms with Gasteiger partial charge < -0.3 is 4.74 Å². The van der Waals surface area contributed by atoms with E-state index in [-0.39, 0.29) is 0 Å². The molecule has 0 aliphatic heterocycles. The molecule has 4 aromatic rings. The normalized spacial score (nSPS) is 10.9. The number of fused-ring (bicyclic) bond motifs is 1. The van der Waals surface area contributed by atoms with E-state index >= 15 is 0 Å². The van der Waals surface area contributed by atoms with Gasteiger partial charge in [0.1, 0.15) is 18.1 Å². The molecule has 0 saturated heterocycles. The van der Waals surface area contributed by atoms with E-state index in [2.05, 4.69) is 47.6 Å². The van der Waals surface area contributed by atoms with E-state index in [0.717, 1.165) is 17.1 Å². The number of hydrogen-bond acceptors (Lipinski definition) is 3. The number of benzene rings is 3. The zero-order valence-corrected chi connectivity index (χ0v) is 13.4. The Hall–Kier alpha value is -3.14. The lowest BCUT2D eigenvalue weighted by molar-refractivity contribution is 0.301. The molecule has 0 saturated carbocycles. The van der Waals surface area contributed by atoms with Crippen molar-refractivity contribution in [1.82, 2.24) is 15.0 Å². The minimum Gasteiger partial charge on any atom is -0.487 e. The van der Waals surface area contributed by atoms with Crippen LogP contribution in [0, 0.1) is 6.92 Å². The lowest BCUT2D eigenvalue weighted by Gasteiger charge is -2.05. The first-order valence-corrected chi connectivity index (χ1v) is 7.88. The first-order valence-electron chi connectivity index (χ1n) is 7.88. The highest BCUT2D eigenvalue weighted by Crippen LogP contribution is 2.21. The van der Waals surface area contributed by atoms with E-state index in [9.17, 15) is 0 Å². The van der Waals surface area contributed by atoms with Crippen LogP contribution in [0.4, 0.5) is 0 Å². The summed E-state index contributed by atoms with van der Waals surface area (Å²) in [6.07, 6.45) is 1.89. The highest BCUT2D eigenvalue weighted by molar-refractivity contribution is 5.83. The summed E-state index contributed by atoms with van der Waals surface area (Å²) in [5, 5.41) is 10.7. The maximum absolute atomic E-state index is 5.85. The molecule has 118 valence electrons. The molecule has 0 N–H and O–H groups in total. The van der Waals surface area contributed by atoms with Crippen LogP contribution in [0.5, 0.6) is 5.75 Å². The fraction of sp³-hybridized carbons (Fsp3) is 0.100. The molecule has 0 bridgehead atoms. The van der Waals surface area contributed by atoms with Crippen LogP contribution in [-0.2, 0) is 6.61 Å². The van der Waals surface area contributed by atoms with Crippen molar-refractivity contribution in [1.29, 1.82) is 0 Å². The minimum absolute atomic E-state index is 0.393. The van der Waals surface area contributed by atoms with Crippen molar-refractivity contribution in [3.05, 3.63) is 84.2 Å². The van der Waals surface area contributed by atoms with Gasteiger partial charge in [-0.3, -0.25) is 0 Å². The molecule has 0 atom stereocenters. The summed E-state index contributed by atoms with van der Waals surface area (Å²) in [4.78, 5) is 0. The first kappa shape index (κ1) is 14.5. The summed E-state index contributed by atoms with van der Waals surface area (Å²) in [6.45, 7) is 2.46. The Bertz CT molecular complexity index is 974. The molecule has 4 rings (SSSR count). The second kappa shape index (κ2) is 6.16. The van der Waals surface area contributed by atoms with Gasteiger partial charge in [0.2, 0.25) is 0 Å². The number of nitrogens with zero attached hydrogens (tertiary/aromatic N) is 3. The Balaban J connectivity index is 1.48. The topological polar surface area (TPSA) is 39.9 Å². The molecule has 0 amide bonds. The maximum Gasteiger partial charge on any atom is 0.134 e. The lowest BCUT2D eigenvalue weighted by atomic mass is 10.1. The third-order valence-corrected chi connectivity index (χ3v) is 3.95. The van der Waals surface area contributed by atoms with Gasteiger partial charge in [0.05, 0.1) is 11.9 Å². The predicted molar refractivity (Wildman–Crippen MR) is 94.4 cm³/mol. The van der Waals surface area contributed by atoms with Crippen molar-refractivity contribution in [3.63, 3.8) is 0 Å². The van der Waals surface area contributed by atoms with Crippen molar-refractivity contribution >= 4 is 10.8 Å². The zero-order valence-electron chi connectivity index (χ0n) is 13.4. The summed E-state index contributed by atoms with van der Waals surface area (Å²) in [6, 6.07) is 22.5. The summed E-state index contributed by atoms with van der Waals surface area (Å²) in [5.41, 5.74) is 3.01. The average Bonchev–Trinajstić information content (AvgIpc) is 3.09. The van der Waals surface area contributed by atoms with Crippen LogP contribution in [-0.4, -0.2) is 15.0 Å². The molecular weight excluding hydrogens is 298 g/mol. The Morgan fingerprint density at radius 1 is 0.917 bits per heavy atom. The van der Waals surface area contributed by atoms with Crippen molar-refractivity contribution in [3.8, 4) is 11.4 Å². The van der Waals surface area contributed by atoms with E-state index in [0.29, 0.717) is 6.61 Å². The molecule has 0 radical (unpaired) electrons. The molecule has 3 aromatic carbocycles. The van der Waals surface area contributed by atoms with Crippen LogP contribution in [0.1, 0.15) is 11.3 Å². The standard InChI is InChI=1S/C20H17N3O/c1-15-6-9-19(10-7-15)23-13-18(21-22-23)14-24-20-11-8-16-4-2-3-5-17(16)12-20/h2-13H,14H2,1H3. The van der Waals surface area contributed by atoms with E-state index in [1.165, 1.54) is 16.3 Å². The largest absolute Gasteiger partial charge is 0.487 e. The van der Waals surface area contributed by atoms with Gasteiger partial charge in [-0.1, -0.05) is 53.2 Å². The van der Waals surface area contributed by atoms with Gasteiger partial charge in [0, 0.05) is 0 Å². The molecule has 0 fully saturated rings. The van der Waals surface area contributed by atoms with Crippen LogP contribution < -0.4 is 4.74 Å². The summed E-state index contributed by atoms with van der Waals surface area (Å²) in [7, 11) is 0. The first-order chi connectivity index (χ1) is 11.8. The van der Waals surface area contributed by atoms with Crippen molar-refractivity contribution in [2.75, 3.05) is 0 Å². The molecule has 4 heteroatoms. The number of aromatic nitrogens is 3. The molecule has 0 unspecified atom stereocenters. The van der Waals surface area contributed by atoms with Crippen molar-refractivity contribution < 1.29 is 4.74 Å². The van der Waals surface area contributed by atoms with Crippen LogP contribution in [0.25, 0.3) is 16.5 Å². The van der Waals surface area contributed by atoms with Crippen molar-refractivity contribution in [2.24, 2.45) is 0 Å². The second-order valence-corrected chi connectivity index (χ2v) is 5.79. The monoisotopic (exact) mass is 315 g/mol. The molecule has 1 heterocycles. The van der Waals surface area contributed by atoms with Gasteiger partial charge in [0.25, 0.3) is 0 Å². The fourth-order valence-corrected chi connectivity index (χ4v) is 2.60. The van der Waals surface area contributed by atoms with E-state index in [1.807, 2.05) is 42.6 Å². The molecular formula is C20H17N3O. The van der Waals surface area contributed by atoms with Gasteiger partial charge >= 0.3 is 0 Å². The second-order valence-electron chi connectivity index (χ2n) is 5.79.